The molecule has 1 spiro atoms. The van der Waals surface area contributed by atoms with E-state index in [1.165, 1.54) is 32.1 Å². The molecule has 0 heterocycles. The summed E-state index contributed by atoms with van der Waals surface area (Å²) in [6.07, 6.45) is 11.5. The van der Waals surface area contributed by atoms with Crippen molar-refractivity contribution in [2.24, 2.45) is 34.0 Å². The van der Waals surface area contributed by atoms with Gasteiger partial charge < -0.3 is 5.11 Å². The van der Waals surface area contributed by atoms with Crippen LogP contribution in [0.2, 0.25) is 0 Å². The molecule has 6 atom stereocenters. The lowest BCUT2D eigenvalue weighted by atomic mass is 9.40. The minimum Gasteiger partial charge on any atom is -0.393 e. The van der Waals surface area contributed by atoms with Crippen LogP contribution in [0.25, 0.3) is 0 Å². The molecule has 1 nitrogen and oxygen atoms in total. The fourth-order valence-electron chi connectivity index (χ4n) is 7.64. The van der Waals surface area contributed by atoms with Crippen LogP contribution >= 0.6 is 0 Å². The van der Waals surface area contributed by atoms with E-state index in [0.717, 1.165) is 30.6 Å². The Balaban J connectivity index is 1.81. The Morgan fingerprint density at radius 3 is 2.62 bits per heavy atom. The van der Waals surface area contributed by atoms with E-state index in [0.29, 0.717) is 16.2 Å². The standard InChI is InChI=1S/C20H32O/c1-13-7-8-20-10-14(13)9-15(20)5-6-17-18(2,3)11-16(21)12-19(17,20)4/h7,14-17,21H,5-6,8-12H2,1-4H3/t14-,15-,16+,17-,19-,20+/m0/s1. The Labute approximate surface area is 130 Å². The Bertz CT molecular complexity index is 490. The lowest BCUT2D eigenvalue weighted by Crippen LogP contribution is -2.59. The van der Waals surface area contributed by atoms with Gasteiger partial charge in [-0.1, -0.05) is 32.4 Å². The number of hydrogen-bond donors (Lipinski definition) is 1. The number of aliphatic hydroxyl groups excluding tert-OH is 1. The molecule has 4 aliphatic rings. The first-order chi connectivity index (χ1) is 9.78. The zero-order valence-electron chi connectivity index (χ0n) is 14.3. The average Bonchev–Trinajstić information content (AvgIpc) is 2.69. The molecule has 0 unspecified atom stereocenters. The number of fused-ring (bicyclic) bond motifs is 2. The second kappa shape index (κ2) is 4.16. The Hall–Kier alpha value is -0.300. The highest BCUT2D eigenvalue weighted by molar-refractivity contribution is 5.24. The van der Waals surface area contributed by atoms with Crippen molar-refractivity contribution < 1.29 is 5.11 Å². The Morgan fingerprint density at radius 1 is 1.10 bits per heavy atom. The first kappa shape index (κ1) is 14.3. The summed E-state index contributed by atoms with van der Waals surface area (Å²) in [6, 6.07) is 0. The third-order valence-electron chi connectivity index (χ3n) is 8.47. The van der Waals surface area contributed by atoms with Crippen LogP contribution in [0.15, 0.2) is 11.6 Å². The van der Waals surface area contributed by atoms with Crippen molar-refractivity contribution >= 4 is 0 Å². The molecule has 0 radical (unpaired) electrons. The molecule has 0 aromatic carbocycles. The van der Waals surface area contributed by atoms with Crippen LogP contribution < -0.4 is 0 Å². The van der Waals surface area contributed by atoms with E-state index < -0.39 is 0 Å². The molecule has 2 bridgehead atoms. The van der Waals surface area contributed by atoms with Crippen molar-refractivity contribution in [1.82, 2.24) is 0 Å². The van der Waals surface area contributed by atoms with E-state index in [-0.39, 0.29) is 6.10 Å². The van der Waals surface area contributed by atoms with Gasteiger partial charge in [0, 0.05) is 0 Å². The SMILES string of the molecule is CC1=CC[C@@]23C[C@@H]1C[C@@H]2CC[C@H]1C(C)(C)C[C@@H](O)C[C@@]13C. The fraction of sp³-hybridized carbons (Fsp3) is 0.900. The van der Waals surface area contributed by atoms with Gasteiger partial charge in [-0.25, -0.2) is 0 Å². The van der Waals surface area contributed by atoms with Crippen molar-refractivity contribution in [2.45, 2.75) is 78.7 Å². The van der Waals surface area contributed by atoms with Crippen LogP contribution in [0.5, 0.6) is 0 Å². The van der Waals surface area contributed by atoms with Gasteiger partial charge in [-0.2, -0.15) is 0 Å². The highest BCUT2D eigenvalue weighted by atomic mass is 16.3. The maximum atomic E-state index is 10.6. The first-order valence-electron chi connectivity index (χ1n) is 9.13. The molecule has 0 aromatic heterocycles. The lowest BCUT2D eigenvalue weighted by molar-refractivity contribution is -0.177. The summed E-state index contributed by atoms with van der Waals surface area (Å²) in [6.45, 7) is 9.76. The molecule has 4 rings (SSSR count). The Kier molecular flexibility index (Phi) is 2.83. The summed E-state index contributed by atoms with van der Waals surface area (Å²) in [5.74, 6) is 2.57. The fourth-order valence-corrected chi connectivity index (χ4v) is 7.64. The molecule has 0 aromatic rings. The monoisotopic (exact) mass is 288 g/mol. The van der Waals surface area contributed by atoms with E-state index in [2.05, 4.69) is 33.8 Å². The van der Waals surface area contributed by atoms with E-state index in [1.807, 2.05) is 0 Å². The van der Waals surface area contributed by atoms with Crippen LogP contribution in [0.1, 0.15) is 72.6 Å². The summed E-state index contributed by atoms with van der Waals surface area (Å²) >= 11 is 0. The minimum atomic E-state index is -0.0829. The summed E-state index contributed by atoms with van der Waals surface area (Å²) < 4.78 is 0. The van der Waals surface area contributed by atoms with Crippen molar-refractivity contribution in [3.63, 3.8) is 0 Å². The minimum absolute atomic E-state index is 0.0829. The highest BCUT2D eigenvalue weighted by Crippen LogP contribution is 2.74. The number of allylic oxidation sites excluding steroid dienone is 2. The van der Waals surface area contributed by atoms with Gasteiger partial charge >= 0.3 is 0 Å². The molecule has 3 saturated carbocycles. The number of hydrogen-bond acceptors (Lipinski definition) is 1. The molecule has 0 amide bonds. The van der Waals surface area contributed by atoms with Crippen molar-refractivity contribution in [3.05, 3.63) is 11.6 Å². The van der Waals surface area contributed by atoms with Crippen LogP contribution in [0.4, 0.5) is 0 Å². The van der Waals surface area contributed by atoms with Gasteiger partial charge in [0.05, 0.1) is 6.10 Å². The molecule has 118 valence electrons. The van der Waals surface area contributed by atoms with Gasteiger partial charge in [-0.3, -0.25) is 0 Å². The van der Waals surface area contributed by atoms with Gasteiger partial charge in [0.1, 0.15) is 0 Å². The number of rotatable bonds is 0. The van der Waals surface area contributed by atoms with Crippen molar-refractivity contribution in [2.75, 3.05) is 0 Å². The van der Waals surface area contributed by atoms with Crippen LogP contribution in [-0.2, 0) is 0 Å². The largest absolute Gasteiger partial charge is 0.393 e. The molecular weight excluding hydrogens is 256 g/mol. The molecule has 1 N–H and O–H groups in total. The van der Waals surface area contributed by atoms with E-state index in [4.69, 9.17) is 0 Å². The quantitative estimate of drug-likeness (QED) is 0.626. The van der Waals surface area contributed by atoms with Crippen molar-refractivity contribution in [1.29, 1.82) is 0 Å². The molecular formula is C20H32O. The van der Waals surface area contributed by atoms with Gasteiger partial charge in [-0.05, 0) is 85.9 Å². The van der Waals surface area contributed by atoms with Gasteiger partial charge in [0.15, 0.2) is 0 Å². The molecule has 1 heteroatoms. The second-order valence-electron chi connectivity index (χ2n) is 9.74. The lowest BCUT2D eigenvalue weighted by Gasteiger charge is -2.65. The van der Waals surface area contributed by atoms with E-state index in [9.17, 15) is 5.11 Å². The molecule has 0 aliphatic heterocycles. The second-order valence-corrected chi connectivity index (χ2v) is 9.74. The maximum Gasteiger partial charge on any atom is 0.0551 e. The third-order valence-corrected chi connectivity index (χ3v) is 8.47. The Morgan fingerprint density at radius 2 is 1.86 bits per heavy atom. The van der Waals surface area contributed by atoms with E-state index >= 15 is 0 Å². The summed E-state index contributed by atoms with van der Waals surface area (Å²) in [7, 11) is 0. The highest BCUT2D eigenvalue weighted by Gasteiger charge is 2.66. The predicted molar refractivity (Wildman–Crippen MR) is 86.9 cm³/mol. The van der Waals surface area contributed by atoms with Crippen molar-refractivity contribution in [3.8, 4) is 0 Å². The first-order valence-corrected chi connectivity index (χ1v) is 9.13. The van der Waals surface area contributed by atoms with Gasteiger partial charge in [0.25, 0.3) is 0 Å². The zero-order chi connectivity index (χ0) is 15.0. The van der Waals surface area contributed by atoms with Gasteiger partial charge in [0.2, 0.25) is 0 Å². The van der Waals surface area contributed by atoms with Gasteiger partial charge in [-0.15, -0.1) is 0 Å². The molecule has 3 fully saturated rings. The average molecular weight is 288 g/mol. The topological polar surface area (TPSA) is 20.2 Å². The molecule has 21 heavy (non-hydrogen) atoms. The van der Waals surface area contributed by atoms with Crippen LogP contribution in [-0.4, -0.2) is 11.2 Å². The maximum absolute atomic E-state index is 10.6. The van der Waals surface area contributed by atoms with Crippen LogP contribution in [0, 0.1) is 34.0 Å². The summed E-state index contributed by atoms with van der Waals surface area (Å²) in [5.41, 5.74) is 2.81. The zero-order valence-corrected chi connectivity index (χ0v) is 14.3. The molecule has 0 saturated heterocycles. The summed E-state index contributed by atoms with van der Waals surface area (Å²) in [4.78, 5) is 0. The predicted octanol–water partition coefficient (Wildman–Crippen LogP) is 4.95. The molecule has 4 aliphatic carbocycles. The van der Waals surface area contributed by atoms with Crippen LogP contribution in [0.3, 0.4) is 0 Å². The number of aliphatic hydroxyl groups is 1. The smallest absolute Gasteiger partial charge is 0.0551 e. The third kappa shape index (κ3) is 1.68. The normalized spacial score (nSPS) is 54.6. The summed E-state index contributed by atoms with van der Waals surface area (Å²) in [5, 5.41) is 10.6. The van der Waals surface area contributed by atoms with E-state index in [1.54, 1.807) is 5.57 Å².